The van der Waals surface area contributed by atoms with Crippen LogP contribution in [0.4, 0.5) is 0 Å². The van der Waals surface area contributed by atoms with Crippen molar-refractivity contribution in [1.82, 2.24) is 0 Å². The molecule has 2 aromatic carbocycles. The third-order valence-electron chi connectivity index (χ3n) is 2.66. The van der Waals surface area contributed by atoms with Crippen LogP contribution in [-0.2, 0) is 0 Å². The van der Waals surface area contributed by atoms with Crippen molar-refractivity contribution in [1.29, 1.82) is 0 Å². The van der Waals surface area contributed by atoms with Gasteiger partial charge in [0.2, 0.25) is 0 Å². The summed E-state index contributed by atoms with van der Waals surface area (Å²) in [7, 11) is 0. The summed E-state index contributed by atoms with van der Waals surface area (Å²) in [5.74, 6) is 0.0807. The van der Waals surface area contributed by atoms with E-state index in [2.05, 4.69) is 15.9 Å². The van der Waals surface area contributed by atoms with Gasteiger partial charge in [0.15, 0.2) is 0 Å². The number of hydrogen-bond donors (Lipinski definition) is 1. The topological polar surface area (TPSA) is 50.4 Å². The van der Waals surface area contributed by atoms with E-state index in [4.69, 9.17) is 4.42 Å². The first-order valence-corrected chi connectivity index (χ1v) is 5.79. The lowest BCUT2D eigenvalue weighted by Gasteiger charge is -2.03. The van der Waals surface area contributed by atoms with Gasteiger partial charge >= 0.3 is 5.63 Å². The van der Waals surface area contributed by atoms with E-state index < -0.39 is 5.63 Å². The maximum atomic E-state index is 11.8. The second-order valence-electron chi connectivity index (χ2n) is 3.76. The molecule has 3 nitrogen and oxygen atoms in total. The summed E-state index contributed by atoms with van der Waals surface area (Å²) in [4.78, 5) is 11.8. The van der Waals surface area contributed by atoms with Crippen LogP contribution in [0.5, 0.6) is 5.75 Å². The van der Waals surface area contributed by atoms with Gasteiger partial charge in [-0.15, -0.1) is 0 Å². The fourth-order valence-corrected chi connectivity index (χ4v) is 2.25. The normalized spacial score (nSPS) is 11.1. The largest absolute Gasteiger partial charge is 0.508 e. The van der Waals surface area contributed by atoms with Gasteiger partial charge in [0.1, 0.15) is 11.3 Å². The minimum atomic E-state index is -0.403. The Morgan fingerprint density at radius 3 is 2.59 bits per heavy atom. The number of aromatic hydroxyl groups is 1. The van der Waals surface area contributed by atoms with Crippen LogP contribution in [0.2, 0.25) is 0 Å². The van der Waals surface area contributed by atoms with E-state index >= 15 is 0 Å². The van der Waals surface area contributed by atoms with Crippen molar-refractivity contribution in [3.63, 3.8) is 0 Å². The standard InChI is InChI=1S/C13H7BrO3/c14-7-1-3-9-10-4-2-8(15)6-12(10)17-13(16)11(9)5-7/h1-6,15H. The van der Waals surface area contributed by atoms with Crippen molar-refractivity contribution in [3.8, 4) is 5.75 Å². The molecule has 0 saturated carbocycles. The van der Waals surface area contributed by atoms with E-state index in [-0.39, 0.29) is 5.75 Å². The molecule has 1 heterocycles. The summed E-state index contributed by atoms with van der Waals surface area (Å²) in [6.07, 6.45) is 0. The molecular formula is C13H7BrO3. The van der Waals surface area contributed by atoms with E-state index in [1.54, 1.807) is 18.2 Å². The number of halogens is 1. The number of rotatable bonds is 0. The van der Waals surface area contributed by atoms with Gasteiger partial charge in [-0.25, -0.2) is 4.79 Å². The lowest BCUT2D eigenvalue weighted by atomic mass is 10.1. The lowest BCUT2D eigenvalue weighted by molar-refractivity contribution is 0.473. The van der Waals surface area contributed by atoms with Crippen LogP contribution < -0.4 is 5.63 Å². The van der Waals surface area contributed by atoms with E-state index in [9.17, 15) is 9.90 Å². The number of hydrogen-bond acceptors (Lipinski definition) is 3. The van der Waals surface area contributed by atoms with Crippen LogP contribution in [0.3, 0.4) is 0 Å². The van der Waals surface area contributed by atoms with Gasteiger partial charge in [-0.1, -0.05) is 22.0 Å². The quantitative estimate of drug-likeness (QED) is 0.510. The van der Waals surface area contributed by atoms with Crippen molar-refractivity contribution in [2.75, 3.05) is 0 Å². The molecule has 0 aliphatic heterocycles. The molecule has 0 aliphatic rings. The van der Waals surface area contributed by atoms with Crippen molar-refractivity contribution in [2.24, 2.45) is 0 Å². The SMILES string of the molecule is O=c1oc2cc(O)ccc2c2ccc(Br)cc12. The maximum Gasteiger partial charge on any atom is 0.344 e. The molecule has 0 spiro atoms. The van der Waals surface area contributed by atoms with Crippen molar-refractivity contribution >= 4 is 37.7 Å². The van der Waals surface area contributed by atoms with Crippen LogP contribution >= 0.6 is 15.9 Å². The monoisotopic (exact) mass is 290 g/mol. The molecule has 3 rings (SSSR count). The number of benzene rings is 2. The highest BCUT2D eigenvalue weighted by Crippen LogP contribution is 2.27. The van der Waals surface area contributed by atoms with E-state index in [1.807, 2.05) is 12.1 Å². The van der Waals surface area contributed by atoms with Crippen LogP contribution in [0.25, 0.3) is 21.7 Å². The Morgan fingerprint density at radius 2 is 1.76 bits per heavy atom. The first-order valence-electron chi connectivity index (χ1n) is 5.00. The first-order chi connectivity index (χ1) is 8.15. The number of phenolic OH excluding ortho intramolecular Hbond substituents is 1. The minimum absolute atomic E-state index is 0.0807. The Kier molecular flexibility index (Phi) is 2.19. The molecule has 1 N–H and O–H groups in total. The van der Waals surface area contributed by atoms with Gasteiger partial charge < -0.3 is 9.52 Å². The van der Waals surface area contributed by atoms with Gasteiger partial charge in [-0.3, -0.25) is 0 Å². The summed E-state index contributed by atoms with van der Waals surface area (Å²) >= 11 is 3.32. The molecular weight excluding hydrogens is 284 g/mol. The van der Waals surface area contributed by atoms with Crippen molar-refractivity contribution < 1.29 is 9.52 Å². The molecule has 0 saturated heterocycles. The summed E-state index contributed by atoms with van der Waals surface area (Å²) < 4.78 is 6.00. The summed E-state index contributed by atoms with van der Waals surface area (Å²) in [6, 6.07) is 10.2. The summed E-state index contributed by atoms with van der Waals surface area (Å²) in [6.45, 7) is 0. The molecule has 1 aromatic heterocycles. The highest BCUT2D eigenvalue weighted by atomic mass is 79.9. The van der Waals surface area contributed by atoms with Gasteiger partial charge in [-0.05, 0) is 29.7 Å². The van der Waals surface area contributed by atoms with Crippen LogP contribution in [0.1, 0.15) is 0 Å². The van der Waals surface area contributed by atoms with Gasteiger partial charge in [-0.2, -0.15) is 0 Å². The molecule has 0 fully saturated rings. The Bertz CT molecular complexity index is 790. The molecule has 0 unspecified atom stereocenters. The first kappa shape index (κ1) is 10.4. The predicted octanol–water partition coefficient (Wildman–Crippen LogP) is 3.41. The predicted molar refractivity (Wildman–Crippen MR) is 69.4 cm³/mol. The zero-order valence-corrected chi connectivity index (χ0v) is 10.2. The third kappa shape index (κ3) is 1.61. The summed E-state index contributed by atoms with van der Waals surface area (Å²) in [5.41, 5.74) is -0.00998. The lowest BCUT2D eigenvalue weighted by Crippen LogP contribution is -1.99. The Balaban J connectivity index is 2.60. The minimum Gasteiger partial charge on any atom is -0.508 e. The Labute approximate surface area is 104 Å². The third-order valence-corrected chi connectivity index (χ3v) is 3.15. The maximum absolute atomic E-state index is 11.8. The zero-order valence-electron chi connectivity index (χ0n) is 8.61. The van der Waals surface area contributed by atoms with Crippen LogP contribution in [0.15, 0.2) is 50.1 Å². The molecule has 0 atom stereocenters. The molecule has 4 heteroatoms. The number of fused-ring (bicyclic) bond motifs is 3. The molecule has 0 bridgehead atoms. The summed E-state index contributed by atoms with van der Waals surface area (Å²) in [5, 5.41) is 11.5. The van der Waals surface area contributed by atoms with Gasteiger partial charge in [0, 0.05) is 15.9 Å². The smallest absolute Gasteiger partial charge is 0.344 e. The van der Waals surface area contributed by atoms with E-state index in [0.717, 1.165) is 15.2 Å². The average molecular weight is 291 g/mol. The fourth-order valence-electron chi connectivity index (χ4n) is 1.89. The second kappa shape index (κ2) is 3.60. The molecule has 84 valence electrons. The fraction of sp³-hybridized carbons (Fsp3) is 0. The van der Waals surface area contributed by atoms with Gasteiger partial charge in [0.05, 0.1) is 5.39 Å². The zero-order chi connectivity index (χ0) is 12.0. The van der Waals surface area contributed by atoms with Crippen molar-refractivity contribution in [3.05, 3.63) is 51.3 Å². The molecule has 3 aromatic rings. The second-order valence-corrected chi connectivity index (χ2v) is 4.68. The highest BCUT2D eigenvalue weighted by molar-refractivity contribution is 9.10. The Morgan fingerprint density at radius 1 is 1.00 bits per heavy atom. The number of phenols is 1. The molecule has 0 radical (unpaired) electrons. The van der Waals surface area contributed by atoms with Crippen LogP contribution in [-0.4, -0.2) is 5.11 Å². The van der Waals surface area contributed by atoms with Crippen LogP contribution in [0, 0.1) is 0 Å². The van der Waals surface area contributed by atoms with Crippen molar-refractivity contribution in [2.45, 2.75) is 0 Å². The Hall–Kier alpha value is -1.81. The molecule has 17 heavy (non-hydrogen) atoms. The van der Waals surface area contributed by atoms with Gasteiger partial charge in [0.25, 0.3) is 0 Å². The van der Waals surface area contributed by atoms with E-state index in [1.165, 1.54) is 6.07 Å². The highest BCUT2D eigenvalue weighted by Gasteiger charge is 2.07. The molecule has 0 amide bonds. The molecule has 0 aliphatic carbocycles. The van der Waals surface area contributed by atoms with E-state index in [0.29, 0.717) is 11.0 Å². The average Bonchev–Trinajstić information content (AvgIpc) is 2.29.